The first kappa shape index (κ1) is 24.3. The van der Waals surface area contributed by atoms with Gasteiger partial charge in [-0.25, -0.2) is 14.2 Å². The quantitative estimate of drug-likeness (QED) is 0.546. The van der Waals surface area contributed by atoms with Crippen molar-refractivity contribution < 1.29 is 9.18 Å². The number of thioether (sulfide) groups is 1. The molecule has 1 saturated heterocycles. The van der Waals surface area contributed by atoms with Crippen LogP contribution in [-0.4, -0.2) is 37.6 Å². The summed E-state index contributed by atoms with van der Waals surface area (Å²) < 4.78 is 17.0. The fourth-order valence-corrected chi connectivity index (χ4v) is 6.35. The Morgan fingerprint density at radius 2 is 1.69 bits per heavy atom. The summed E-state index contributed by atoms with van der Waals surface area (Å²) in [6.07, 6.45) is 10.4. The molecular weight excluding hydrogens is 479 g/mol. The number of pyridine rings is 1. The summed E-state index contributed by atoms with van der Waals surface area (Å²) >= 11 is 1.84. The van der Waals surface area contributed by atoms with Crippen LogP contribution in [0.15, 0.2) is 46.1 Å². The van der Waals surface area contributed by atoms with E-state index in [1.54, 1.807) is 28.8 Å². The zero-order chi connectivity index (χ0) is 25.2. The first-order valence-electron chi connectivity index (χ1n) is 12.2. The van der Waals surface area contributed by atoms with Gasteiger partial charge >= 0.3 is 5.69 Å². The van der Waals surface area contributed by atoms with Crippen molar-refractivity contribution in [2.24, 2.45) is 0 Å². The lowest BCUT2D eigenvalue weighted by Gasteiger charge is -2.31. The number of aromatic nitrogens is 3. The van der Waals surface area contributed by atoms with Gasteiger partial charge < -0.3 is 5.32 Å². The highest BCUT2D eigenvalue weighted by atomic mass is 32.2. The summed E-state index contributed by atoms with van der Waals surface area (Å²) in [5.74, 6) is 3.61. The zero-order valence-electron chi connectivity index (χ0n) is 19.8. The number of hydrogen-bond donors (Lipinski definition) is 1. The largest absolute Gasteiger partial charge is 0.349 e. The zero-order valence-corrected chi connectivity index (χ0v) is 20.6. The lowest BCUT2D eigenvalue weighted by molar-refractivity contribution is 0.0922. The average molecular weight is 507 g/mol. The van der Waals surface area contributed by atoms with Crippen molar-refractivity contribution in [3.05, 3.63) is 74.3 Å². The summed E-state index contributed by atoms with van der Waals surface area (Å²) in [5.41, 5.74) is 0.635. The summed E-state index contributed by atoms with van der Waals surface area (Å²) in [4.78, 5) is 43.9. The molecule has 1 aliphatic heterocycles. The van der Waals surface area contributed by atoms with Gasteiger partial charge in [0.25, 0.3) is 11.5 Å². The van der Waals surface area contributed by atoms with Gasteiger partial charge in [-0.1, -0.05) is 5.92 Å². The van der Waals surface area contributed by atoms with E-state index < -0.39 is 11.4 Å². The van der Waals surface area contributed by atoms with E-state index in [4.69, 9.17) is 6.42 Å². The second-order valence-corrected chi connectivity index (χ2v) is 10.6. The molecule has 1 amide bonds. The van der Waals surface area contributed by atoms with Crippen LogP contribution in [0.4, 0.5) is 4.39 Å². The van der Waals surface area contributed by atoms with E-state index in [2.05, 4.69) is 16.2 Å². The molecule has 9 heteroatoms. The minimum absolute atomic E-state index is 0.0612. The molecule has 1 aromatic carbocycles. The number of carbonyl (C=O) groups excluding carboxylic acids is 1. The van der Waals surface area contributed by atoms with Gasteiger partial charge in [0.1, 0.15) is 11.5 Å². The lowest BCUT2D eigenvalue weighted by atomic mass is 9.90. The summed E-state index contributed by atoms with van der Waals surface area (Å²) in [7, 11) is 0. The first-order valence-corrected chi connectivity index (χ1v) is 13.4. The molecule has 1 N–H and O–H groups in total. The van der Waals surface area contributed by atoms with Crippen molar-refractivity contribution in [1.29, 1.82) is 0 Å². The summed E-state index contributed by atoms with van der Waals surface area (Å²) in [6.45, 7) is 0. The molecule has 36 heavy (non-hydrogen) atoms. The van der Waals surface area contributed by atoms with Crippen molar-refractivity contribution in [3.63, 3.8) is 0 Å². The predicted molar refractivity (Wildman–Crippen MR) is 139 cm³/mol. The van der Waals surface area contributed by atoms with Crippen LogP contribution in [0.3, 0.4) is 0 Å². The van der Waals surface area contributed by atoms with Gasteiger partial charge in [-0.2, -0.15) is 11.8 Å². The molecule has 3 heterocycles. The summed E-state index contributed by atoms with van der Waals surface area (Å²) in [5, 5.41) is 3.19. The number of rotatable bonds is 4. The molecule has 3 aromatic rings. The van der Waals surface area contributed by atoms with Crippen LogP contribution in [-0.2, 0) is 0 Å². The van der Waals surface area contributed by atoms with Crippen LogP contribution in [0.1, 0.15) is 66.5 Å². The molecule has 0 radical (unpaired) electrons. The fourth-order valence-electron chi connectivity index (χ4n) is 5.26. The van der Waals surface area contributed by atoms with E-state index in [9.17, 15) is 18.8 Å². The molecule has 1 saturated carbocycles. The number of carbonyl (C=O) groups is 1. The molecule has 1 aliphatic carbocycles. The number of fused-ring (bicyclic) bond motifs is 1. The second kappa shape index (κ2) is 10.3. The van der Waals surface area contributed by atoms with E-state index in [-0.39, 0.29) is 40.8 Å². The topological polar surface area (TPSA) is 86.0 Å². The molecule has 2 aliphatic rings. The Balaban J connectivity index is 1.39. The van der Waals surface area contributed by atoms with Crippen LogP contribution >= 0.6 is 11.8 Å². The minimum Gasteiger partial charge on any atom is -0.349 e. The molecule has 2 aromatic heterocycles. The van der Waals surface area contributed by atoms with E-state index in [0.717, 1.165) is 30.5 Å². The molecule has 186 valence electrons. The lowest BCUT2D eigenvalue weighted by Crippen LogP contribution is -2.46. The molecule has 5 rings (SSSR count). The van der Waals surface area contributed by atoms with Gasteiger partial charge in [0.05, 0.1) is 11.6 Å². The third kappa shape index (κ3) is 4.70. The van der Waals surface area contributed by atoms with Gasteiger partial charge in [0, 0.05) is 29.3 Å². The van der Waals surface area contributed by atoms with Crippen molar-refractivity contribution in [1.82, 2.24) is 19.4 Å². The Labute approximate surface area is 212 Å². The molecule has 0 spiro atoms. The maximum atomic E-state index is 14.1. The predicted octanol–water partition coefficient (Wildman–Crippen LogP) is 3.66. The Bertz CT molecular complexity index is 1440. The molecular formula is C27H27FN4O3S. The number of nitrogens with zero attached hydrogens (tertiary/aromatic N) is 3. The number of benzene rings is 1. The number of terminal acetylenes is 1. The van der Waals surface area contributed by atoms with Gasteiger partial charge in [-0.3, -0.25) is 18.7 Å². The molecule has 0 bridgehead atoms. The van der Waals surface area contributed by atoms with Crippen LogP contribution in [0.5, 0.6) is 0 Å². The fraction of sp³-hybridized carbons (Fsp3) is 0.407. The Kier molecular flexibility index (Phi) is 6.97. The molecule has 0 unspecified atom stereocenters. The monoisotopic (exact) mass is 506 g/mol. The molecule has 0 atom stereocenters. The normalized spacial score (nSPS) is 20.7. The van der Waals surface area contributed by atoms with E-state index in [1.807, 2.05) is 11.8 Å². The number of amides is 1. The van der Waals surface area contributed by atoms with Gasteiger partial charge in [0.2, 0.25) is 0 Å². The number of hydrogen-bond acceptors (Lipinski definition) is 5. The standard InChI is InChI=1S/C27H27FN4O3S/c1-2-17-3-5-18(6-4-17)25(33)30-20-7-9-21(10-8-20)32-26(34)23-15-19(28)16-29-24(23)31(27(32)35)22-11-13-36-14-12-22/h1,3-6,15-16,20-22H,7-14H2,(H,30,33). The highest BCUT2D eigenvalue weighted by molar-refractivity contribution is 7.99. The highest BCUT2D eigenvalue weighted by Crippen LogP contribution is 2.30. The van der Waals surface area contributed by atoms with Crippen LogP contribution in [0.2, 0.25) is 0 Å². The van der Waals surface area contributed by atoms with E-state index in [1.165, 1.54) is 10.6 Å². The Morgan fingerprint density at radius 1 is 1.03 bits per heavy atom. The number of nitrogens with one attached hydrogen (secondary N) is 1. The van der Waals surface area contributed by atoms with Gasteiger partial charge in [-0.05, 0) is 80.4 Å². The van der Waals surface area contributed by atoms with E-state index >= 15 is 0 Å². The van der Waals surface area contributed by atoms with Crippen molar-refractivity contribution >= 4 is 28.7 Å². The summed E-state index contributed by atoms with van der Waals surface area (Å²) in [6, 6.07) is 7.60. The third-order valence-corrected chi connectivity index (χ3v) is 8.24. The highest BCUT2D eigenvalue weighted by Gasteiger charge is 2.29. The van der Waals surface area contributed by atoms with Gasteiger partial charge in [0.15, 0.2) is 0 Å². The third-order valence-electron chi connectivity index (χ3n) is 7.19. The van der Waals surface area contributed by atoms with Crippen LogP contribution < -0.4 is 16.6 Å². The van der Waals surface area contributed by atoms with Crippen LogP contribution in [0, 0.1) is 18.2 Å². The minimum atomic E-state index is -0.600. The second-order valence-electron chi connectivity index (χ2n) is 9.40. The number of halogens is 1. The van der Waals surface area contributed by atoms with Crippen LogP contribution in [0.25, 0.3) is 11.0 Å². The Hall–Kier alpha value is -3.38. The van der Waals surface area contributed by atoms with Crippen molar-refractivity contribution in [2.75, 3.05) is 11.5 Å². The van der Waals surface area contributed by atoms with Crippen molar-refractivity contribution in [2.45, 2.75) is 56.7 Å². The van der Waals surface area contributed by atoms with E-state index in [0.29, 0.717) is 36.8 Å². The first-order chi connectivity index (χ1) is 17.5. The van der Waals surface area contributed by atoms with Gasteiger partial charge in [-0.15, -0.1) is 6.42 Å². The smallest absolute Gasteiger partial charge is 0.333 e. The molecule has 7 nitrogen and oxygen atoms in total. The maximum absolute atomic E-state index is 14.1. The molecule has 2 fully saturated rings. The van der Waals surface area contributed by atoms with Crippen molar-refractivity contribution in [3.8, 4) is 12.3 Å². The maximum Gasteiger partial charge on any atom is 0.333 e. The Morgan fingerprint density at radius 3 is 2.36 bits per heavy atom. The SMILES string of the molecule is C#Cc1ccc(C(=O)NC2CCC(n3c(=O)c4cc(F)cnc4n(C4CCSCC4)c3=O)CC2)cc1. The average Bonchev–Trinajstić information content (AvgIpc) is 2.91.